The molecule has 0 amide bonds. The van der Waals surface area contributed by atoms with Crippen molar-refractivity contribution in [2.45, 2.75) is 69.9 Å². The Morgan fingerprint density at radius 2 is 1.37 bits per heavy atom. The Morgan fingerprint density at radius 1 is 0.763 bits per heavy atom. The first kappa shape index (κ1) is 25.1. The number of anilines is 3. The molecule has 3 aromatic rings. The summed E-state index contributed by atoms with van der Waals surface area (Å²) in [7, 11) is 0. The Morgan fingerprint density at radius 3 is 2.05 bits per heavy atom. The Hall–Kier alpha value is -3.19. The van der Waals surface area contributed by atoms with E-state index in [-0.39, 0.29) is 5.41 Å². The quantitative estimate of drug-likeness (QED) is 0.372. The molecule has 0 bridgehead atoms. The molecule has 2 N–H and O–H groups in total. The number of aromatic nitrogens is 2. The van der Waals surface area contributed by atoms with Crippen LogP contribution in [0.2, 0.25) is 0 Å². The van der Waals surface area contributed by atoms with Crippen LogP contribution in [0.4, 0.5) is 17.6 Å². The van der Waals surface area contributed by atoms with Gasteiger partial charge in [0.05, 0.1) is 0 Å². The van der Waals surface area contributed by atoms with Crippen molar-refractivity contribution in [2.24, 2.45) is 0 Å². The summed E-state index contributed by atoms with van der Waals surface area (Å²) in [6.07, 6.45) is 9.92. The molecule has 1 aromatic heterocycles. The van der Waals surface area contributed by atoms with E-state index in [9.17, 15) is 0 Å². The number of nitrogens with one attached hydrogen (secondary N) is 2. The third-order valence-corrected chi connectivity index (χ3v) is 8.80. The molecule has 1 saturated carbocycles. The molecule has 198 valence electrons. The summed E-state index contributed by atoms with van der Waals surface area (Å²) in [6, 6.07) is 21.8. The van der Waals surface area contributed by atoms with Crippen LogP contribution in [0.25, 0.3) is 0 Å². The second-order valence-corrected chi connectivity index (χ2v) is 11.5. The maximum Gasteiger partial charge on any atom is 0.232 e. The molecule has 7 heteroatoms. The highest BCUT2D eigenvalue weighted by atomic mass is 32.1. The molecule has 1 aliphatic carbocycles. The van der Waals surface area contributed by atoms with Crippen LogP contribution in [0.15, 0.2) is 60.7 Å². The third kappa shape index (κ3) is 5.48. The van der Waals surface area contributed by atoms with Gasteiger partial charge in [-0.25, -0.2) is 0 Å². The lowest BCUT2D eigenvalue weighted by Gasteiger charge is -2.38. The highest BCUT2D eigenvalue weighted by molar-refractivity contribution is 7.80. The van der Waals surface area contributed by atoms with E-state index in [1.165, 1.54) is 68.1 Å². The second-order valence-electron chi connectivity index (χ2n) is 11.1. The van der Waals surface area contributed by atoms with E-state index in [2.05, 4.69) is 81.1 Å². The second kappa shape index (κ2) is 11.3. The molecule has 0 atom stereocenters. The zero-order chi connectivity index (χ0) is 25.8. The molecule has 6 rings (SSSR count). The molecule has 3 heterocycles. The minimum atomic E-state index is 0.119. The van der Waals surface area contributed by atoms with Crippen LogP contribution in [0.3, 0.4) is 0 Å². The summed E-state index contributed by atoms with van der Waals surface area (Å²) in [4.78, 5) is 14.6. The summed E-state index contributed by atoms with van der Waals surface area (Å²) in [5, 5.41) is 7.51. The van der Waals surface area contributed by atoms with E-state index < -0.39 is 0 Å². The molecule has 0 radical (unpaired) electrons. The molecular weight excluding hydrogens is 488 g/mol. The molecule has 38 heavy (non-hydrogen) atoms. The fraction of sp³-hybridized carbons (Fsp3) is 0.452. The predicted molar refractivity (Wildman–Crippen MR) is 160 cm³/mol. The van der Waals surface area contributed by atoms with Gasteiger partial charge in [0.25, 0.3) is 0 Å². The Kier molecular flexibility index (Phi) is 7.45. The van der Waals surface area contributed by atoms with Gasteiger partial charge in [-0.05, 0) is 61.0 Å². The first-order valence-corrected chi connectivity index (χ1v) is 14.7. The SMILES string of the molecule is S=C(NCC1(c2ccccc2)CCCCC1)Nc1nc(N2CCCCC2)cc(N2Cc3ccccc3C2)n1. The molecule has 2 aromatic carbocycles. The average Bonchev–Trinajstić information content (AvgIpc) is 3.42. The first-order valence-electron chi connectivity index (χ1n) is 14.2. The van der Waals surface area contributed by atoms with Crippen LogP contribution in [-0.2, 0) is 18.5 Å². The lowest BCUT2D eigenvalue weighted by atomic mass is 9.69. The number of hydrogen-bond acceptors (Lipinski definition) is 5. The van der Waals surface area contributed by atoms with Crippen molar-refractivity contribution >= 4 is 34.9 Å². The number of thiocarbonyl (C=S) groups is 1. The highest BCUT2D eigenvalue weighted by Gasteiger charge is 2.34. The van der Waals surface area contributed by atoms with E-state index in [0.717, 1.165) is 44.4 Å². The molecule has 2 fully saturated rings. The van der Waals surface area contributed by atoms with Gasteiger partial charge in [0.1, 0.15) is 11.6 Å². The van der Waals surface area contributed by atoms with Gasteiger partial charge in [-0.15, -0.1) is 0 Å². The molecular formula is C31H38N6S. The fourth-order valence-corrected chi connectivity index (χ4v) is 6.57. The number of fused-ring (bicyclic) bond motifs is 1. The lowest BCUT2D eigenvalue weighted by Crippen LogP contribution is -2.43. The van der Waals surface area contributed by atoms with Crippen molar-refractivity contribution in [1.82, 2.24) is 15.3 Å². The summed E-state index contributed by atoms with van der Waals surface area (Å²) in [5.74, 6) is 2.52. The van der Waals surface area contributed by atoms with Gasteiger partial charge in [0, 0.05) is 44.2 Å². The maximum atomic E-state index is 5.81. The molecule has 0 spiro atoms. The van der Waals surface area contributed by atoms with Crippen LogP contribution in [-0.4, -0.2) is 34.7 Å². The third-order valence-electron chi connectivity index (χ3n) is 8.55. The van der Waals surface area contributed by atoms with E-state index in [0.29, 0.717) is 11.1 Å². The van der Waals surface area contributed by atoms with Crippen LogP contribution in [0.5, 0.6) is 0 Å². The Bertz CT molecular complexity index is 1230. The Balaban J connectivity index is 1.20. The fourth-order valence-electron chi connectivity index (χ4n) is 6.40. The van der Waals surface area contributed by atoms with E-state index >= 15 is 0 Å². The largest absolute Gasteiger partial charge is 0.361 e. The summed E-state index contributed by atoms with van der Waals surface area (Å²) < 4.78 is 0. The van der Waals surface area contributed by atoms with Crippen LogP contribution in [0, 0.1) is 0 Å². The number of rotatable bonds is 6. The predicted octanol–water partition coefficient (Wildman–Crippen LogP) is 6.18. The van der Waals surface area contributed by atoms with E-state index in [1.807, 2.05) is 0 Å². The topological polar surface area (TPSA) is 56.3 Å². The van der Waals surface area contributed by atoms with Crippen molar-refractivity contribution in [1.29, 1.82) is 0 Å². The number of hydrogen-bond donors (Lipinski definition) is 2. The van der Waals surface area contributed by atoms with Crippen LogP contribution in [0.1, 0.15) is 68.1 Å². The van der Waals surface area contributed by atoms with Gasteiger partial charge >= 0.3 is 0 Å². The van der Waals surface area contributed by atoms with Crippen LogP contribution < -0.4 is 20.4 Å². The minimum Gasteiger partial charge on any atom is -0.361 e. The standard InChI is InChI=1S/C31H38N6S/c38-30(32-23-31(16-8-2-9-17-31)26-14-4-1-5-15-26)35-29-33-27(36-18-10-3-11-19-36)20-28(34-29)37-21-24-12-6-7-13-25(24)22-37/h1,4-7,12-15,20H,2-3,8-11,16-19,21-23H2,(H2,32,33,34,35,38). The summed E-state index contributed by atoms with van der Waals surface area (Å²) in [5.41, 5.74) is 4.27. The lowest BCUT2D eigenvalue weighted by molar-refractivity contribution is 0.292. The molecule has 1 saturated heterocycles. The van der Waals surface area contributed by atoms with Crippen molar-refractivity contribution < 1.29 is 0 Å². The van der Waals surface area contributed by atoms with Crippen LogP contribution >= 0.6 is 12.2 Å². The average molecular weight is 527 g/mol. The molecule has 3 aliphatic rings. The van der Waals surface area contributed by atoms with E-state index in [1.54, 1.807) is 0 Å². The number of piperidine rings is 1. The summed E-state index contributed by atoms with van der Waals surface area (Å²) >= 11 is 5.81. The monoisotopic (exact) mass is 526 g/mol. The van der Waals surface area contributed by atoms with E-state index in [4.69, 9.17) is 22.2 Å². The summed E-state index contributed by atoms with van der Waals surface area (Å²) in [6.45, 7) is 4.64. The molecule has 0 unspecified atom stereocenters. The van der Waals surface area contributed by atoms with Gasteiger partial charge in [0.15, 0.2) is 5.11 Å². The number of nitrogens with zero attached hydrogens (tertiary/aromatic N) is 4. The van der Waals surface area contributed by atoms with Gasteiger partial charge < -0.3 is 20.4 Å². The maximum absolute atomic E-state index is 5.81. The Labute approximate surface area is 231 Å². The van der Waals surface area contributed by atoms with Gasteiger partial charge in [0.2, 0.25) is 5.95 Å². The first-order chi connectivity index (χ1) is 18.7. The normalized spacial score (nSPS) is 18.6. The number of benzene rings is 2. The van der Waals surface area contributed by atoms with Gasteiger partial charge in [-0.2, -0.15) is 9.97 Å². The minimum absolute atomic E-state index is 0.119. The van der Waals surface area contributed by atoms with Crippen molar-refractivity contribution in [3.63, 3.8) is 0 Å². The van der Waals surface area contributed by atoms with Crippen molar-refractivity contribution in [2.75, 3.05) is 34.8 Å². The molecule has 2 aliphatic heterocycles. The highest BCUT2D eigenvalue weighted by Crippen LogP contribution is 2.39. The van der Waals surface area contributed by atoms with Crippen molar-refractivity contribution in [3.8, 4) is 0 Å². The zero-order valence-corrected chi connectivity index (χ0v) is 23.0. The smallest absolute Gasteiger partial charge is 0.232 e. The van der Waals surface area contributed by atoms with Crippen molar-refractivity contribution in [3.05, 3.63) is 77.4 Å². The van der Waals surface area contributed by atoms with Gasteiger partial charge in [-0.1, -0.05) is 73.9 Å². The zero-order valence-electron chi connectivity index (χ0n) is 22.2. The van der Waals surface area contributed by atoms with Gasteiger partial charge in [-0.3, -0.25) is 0 Å². The molecule has 6 nitrogen and oxygen atoms in total.